The first kappa shape index (κ1) is 19.1. The van der Waals surface area contributed by atoms with Crippen LogP contribution in [0.15, 0.2) is 72.0 Å². The summed E-state index contributed by atoms with van der Waals surface area (Å²) in [5.74, 6) is 0. The number of fused-ring (bicyclic) bond motifs is 1. The van der Waals surface area contributed by atoms with Crippen molar-refractivity contribution in [1.29, 1.82) is 0 Å². The van der Waals surface area contributed by atoms with Crippen molar-refractivity contribution in [2.45, 2.75) is 4.90 Å². The highest BCUT2D eigenvalue weighted by Gasteiger charge is 2.17. The van der Waals surface area contributed by atoms with Crippen molar-refractivity contribution < 1.29 is 4.55 Å². The van der Waals surface area contributed by atoms with Crippen LogP contribution in [0.3, 0.4) is 0 Å². The highest BCUT2D eigenvalue weighted by Crippen LogP contribution is 2.28. The minimum absolute atomic E-state index is 0.688. The predicted molar refractivity (Wildman–Crippen MR) is 121 cm³/mol. The molecule has 4 N–H and O–H groups in total. The number of piperazine rings is 1. The molecule has 5 rings (SSSR count). The van der Waals surface area contributed by atoms with Crippen LogP contribution >= 0.6 is 0 Å². The molecule has 1 aliphatic heterocycles. The van der Waals surface area contributed by atoms with E-state index in [2.05, 4.69) is 44.6 Å². The third kappa shape index (κ3) is 3.66. The maximum atomic E-state index is 9.69. The smallest absolute Gasteiger partial charge is 0.272 e. The van der Waals surface area contributed by atoms with E-state index in [1.54, 1.807) is 10.7 Å². The Morgan fingerprint density at radius 3 is 2.53 bits per heavy atom. The molecule has 1 saturated heterocycles. The van der Waals surface area contributed by atoms with Gasteiger partial charge in [-0.3, -0.25) is 0 Å². The first-order valence-corrected chi connectivity index (χ1v) is 11.1. The summed E-state index contributed by atoms with van der Waals surface area (Å²) in [6.45, 7) is 4.12. The van der Waals surface area contributed by atoms with Gasteiger partial charge < -0.3 is 10.2 Å². The van der Waals surface area contributed by atoms with Crippen molar-refractivity contribution in [3.63, 3.8) is 0 Å². The van der Waals surface area contributed by atoms with E-state index in [4.69, 9.17) is 5.14 Å². The van der Waals surface area contributed by atoms with Gasteiger partial charge in [0.05, 0.1) is 6.20 Å². The van der Waals surface area contributed by atoms with Crippen molar-refractivity contribution in [2.24, 2.45) is 5.14 Å². The second-order valence-corrected chi connectivity index (χ2v) is 8.40. The molecule has 0 radical (unpaired) electrons. The zero-order valence-electron chi connectivity index (χ0n) is 16.4. The summed E-state index contributed by atoms with van der Waals surface area (Å²) in [5.41, 5.74) is 5.97. The molecule has 0 saturated carbocycles. The van der Waals surface area contributed by atoms with E-state index in [1.165, 1.54) is 5.69 Å². The van der Waals surface area contributed by atoms with Gasteiger partial charge in [0.15, 0.2) is 5.65 Å². The summed E-state index contributed by atoms with van der Waals surface area (Å²) in [4.78, 5) is 7.76. The molecule has 2 aromatic heterocycles. The van der Waals surface area contributed by atoms with Crippen LogP contribution in [-0.2, 0) is 11.4 Å². The number of aromatic nitrogens is 3. The lowest BCUT2D eigenvalue weighted by molar-refractivity contribution is 0.589. The molecule has 1 atom stereocenters. The molecule has 0 spiro atoms. The van der Waals surface area contributed by atoms with Gasteiger partial charge in [0.2, 0.25) is 4.90 Å². The summed E-state index contributed by atoms with van der Waals surface area (Å²) in [7, 11) is 0. The van der Waals surface area contributed by atoms with E-state index in [-0.39, 0.29) is 0 Å². The van der Waals surface area contributed by atoms with E-state index in [0.29, 0.717) is 4.90 Å². The third-order valence-electron chi connectivity index (χ3n) is 5.43. The fraction of sp³-hybridized carbons (Fsp3) is 0.182. The predicted octanol–water partition coefficient (Wildman–Crippen LogP) is 2.80. The Labute approximate surface area is 177 Å². The van der Waals surface area contributed by atoms with Crippen molar-refractivity contribution in [1.82, 2.24) is 19.9 Å². The largest absolute Gasteiger partial charge is 0.369 e. The van der Waals surface area contributed by atoms with E-state index in [1.807, 2.05) is 36.7 Å². The van der Waals surface area contributed by atoms with E-state index < -0.39 is 11.4 Å². The average Bonchev–Trinajstić information content (AvgIpc) is 3.23. The van der Waals surface area contributed by atoms with E-state index in [9.17, 15) is 4.55 Å². The molecule has 152 valence electrons. The molecule has 2 aromatic carbocycles. The summed E-state index contributed by atoms with van der Waals surface area (Å²) < 4.78 is 11.5. The number of benzene rings is 2. The molecular formula is C22H23N6OS+. The van der Waals surface area contributed by atoms with Crippen LogP contribution in [0.1, 0.15) is 0 Å². The molecule has 1 aliphatic rings. The zero-order chi connectivity index (χ0) is 20.5. The van der Waals surface area contributed by atoms with E-state index >= 15 is 0 Å². The molecule has 8 heteroatoms. The molecule has 3 heterocycles. The average molecular weight is 420 g/mol. The standard InChI is InChI=1S/C22H23N6OS/c23-30(29)20-3-1-2-17(12-20)21-14-26-28-15-18(13-25-22(21)28)16-4-6-19(7-5-16)27-10-8-24-9-11-27/h1-7,12-15,24,29H,8-11,23H2/q+1. The van der Waals surface area contributed by atoms with Gasteiger partial charge in [0.25, 0.3) is 11.4 Å². The first-order chi connectivity index (χ1) is 14.7. The lowest BCUT2D eigenvalue weighted by Crippen LogP contribution is -2.43. The minimum atomic E-state index is -1.27. The number of nitrogens with zero attached hydrogens (tertiary/aromatic N) is 4. The van der Waals surface area contributed by atoms with Crippen LogP contribution in [0, 0.1) is 0 Å². The van der Waals surface area contributed by atoms with Crippen LogP contribution in [0.25, 0.3) is 27.9 Å². The quantitative estimate of drug-likeness (QED) is 0.441. The second kappa shape index (κ2) is 8.08. The van der Waals surface area contributed by atoms with Gasteiger partial charge in [-0.2, -0.15) is 9.65 Å². The Bertz CT molecular complexity index is 1170. The lowest BCUT2D eigenvalue weighted by Gasteiger charge is -2.29. The van der Waals surface area contributed by atoms with Gasteiger partial charge in [-0.1, -0.05) is 24.3 Å². The van der Waals surface area contributed by atoms with Crippen LogP contribution in [0.4, 0.5) is 5.69 Å². The SMILES string of the molecule is N[S+](O)c1cccc(-c2cnn3cc(-c4ccc(N5CCNCC5)cc4)cnc23)c1. The molecular weight excluding hydrogens is 396 g/mol. The lowest BCUT2D eigenvalue weighted by atomic mass is 10.1. The van der Waals surface area contributed by atoms with Gasteiger partial charge >= 0.3 is 0 Å². The maximum absolute atomic E-state index is 9.69. The molecule has 4 aromatic rings. The monoisotopic (exact) mass is 419 g/mol. The number of nitrogens with two attached hydrogens (primary N) is 1. The molecule has 30 heavy (non-hydrogen) atoms. The number of rotatable bonds is 4. The first-order valence-electron chi connectivity index (χ1n) is 9.87. The van der Waals surface area contributed by atoms with Gasteiger partial charge in [-0.05, 0) is 29.3 Å². The van der Waals surface area contributed by atoms with Gasteiger partial charge in [-0.25, -0.2) is 9.50 Å². The minimum Gasteiger partial charge on any atom is -0.369 e. The summed E-state index contributed by atoms with van der Waals surface area (Å²) in [5, 5.41) is 13.5. The molecule has 1 unspecified atom stereocenters. The molecule has 0 amide bonds. The van der Waals surface area contributed by atoms with Crippen LogP contribution in [0.5, 0.6) is 0 Å². The number of nitrogens with one attached hydrogen (secondary N) is 1. The maximum Gasteiger partial charge on any atom is 0.272 e. The van der Waals surface area contributed by atoms with Crippen LogP contribution in [-0.4, -0.2) is 45.3 Å². The Hall–Kier alpha value is -2.91. The van der Waals surface area contributed by atoms with Crippen molar-refractivity contribution in [2.75, 3.05) is 31.1 Å². The Morgan fingerprint density at radius 2 is 1.77 bits per heavy atom. The molecule has 0 bridgehead atoms. The van der Waals surface area contributed by atoms with Crippen molar-refractivity contribution in [3.8, 4) is 22.3 Å². The van der Waals surface area contributed by atoms with Gasteiger partial charge in [0.1, 0.15) is 0 Å². The van der Waals surface area contributed by atoms with Crippen LogP contribution in [0.2, 0.25) is 0 Å². The van der Waals surface area contributed by atoms with Gasteiger partial charge in [0, 0.05) is 61.5 Å². The molecule has 7 nitrogen and oxygen atoms in total. The normalized spacial score (nSPS) is 15.5. The molecule has 1 fully saturated rings. The fourth-order valence-electron chi connectivity index (χ4n) is 3.81. The van der Waals surface area contributed by atoms with Crippen LogP contribution < -0.4 is 15.4 Å². The fourth-order valence-corrected chi connectivity index (χ4v) is 4.27. The van der Waals surface area contributed by atoms with Crippen molar-refractivity contribution in [3.05, 3.63) is 67.1 Å². The third-order valence-corrected chi connectivity index (χ3v) is 6.16. The van der Waals surface area contributed by atoms with E-state index in [0.717, 1.165) is 54.1 Å². The number of hydrogen-bond acceptors (Lipinski definition) is 6. The topological polar surface area (TPSA) is 91.7 Å². The number of hydrogen-bond donors (Lipinski definition) is 3. The second-order valence-electron chi connectivity index (χ2n) is 7.30. The zero-order valence-corrected chi connectivity index (χ0v) is 17.2. The highest BCUT2D eigenvalue weighted by atomic mass is 32.2. The number of anilines is 1. The van der Waals surface area contributed by atoms with Gasteiger partial charge in [-0.15, -0.1) is 5.14 Å². The Balaban J connectivity index is 1.44. The summed E-state index contributed by atoms with van der Waals surface area (Å²) in [6.07, 6.45) is 5.67. The Morgan fingerprint density at radius 1 is 0.967 bits per heavy atom. The summed E-state index contributed by atoms with van der Waals surface area (Å²) in [6, 6.07) is 16.2. The summed E-state index contributed by atoms with van der Waals surface area (Å²) >= 11 is -1.27. The van der Waals surface area contributed by atoms with Crippen molar-refractivity contribution >= 4 is 22.7 Å². The Kier molecular flexibility index (Phi) is 5.14. The highest BCUT2D eigenvalue weighted by molar-refractivity contribution is 7.89. The molecule has 0 aliphatic carbocycles.